The lowest BCUT2D eigenvalue weighted by Crippen LogP contribution is -2.40. The molecule has 94 valence electrons. The maximum atomic E-state index is 6.29. The van der Waals surface area contributed by atoms with Gasteiger partial charge in [-0.3, -0.25) is 0 Å². The van der Waals surface area contributed by atoms with E-state index < -0.39 is 0 Å². The van der Waals surface area contributed by atoms with Crippen LogP contribution in [0.4, 0.5) is 0 Å². The van der Waals surface area contributed by atoms with E-state index in [1.165, 1.54) is 0 Å². The summed E-state index contributed by atoms with van der Waals surface area (Å²) in [6, 6.07) is 21.5. The average Bonchev–Trinajstić information content (AvgIpc) is 2.75. The second kappa shape index (κ2) is 5.08. The number of benzene rings is 2. The van der Waals surface area contributed by atoms with Gasteiger partial charge in [0.25, 0.3) is 0 Å². The predicted molar refractivity (Wildman–Crippen MR) is 77.3 cm³/mol. The number of halogens is 2. The maximum absolute atomic E-state index is 6.29. The van der Waals surface area contributed by atoms with Crippen LogP contribution in [0.3, 0.4) is 0 Å². The third kappa shape index (κ3) is 2.25. The van der Waals surface area contributed by atoms with Gasteiger partial charge in [-0.2, -0.15) is 0 Å². The van der Waals surface area contributed by atoms with E-state index in [0.29, 0.717) is 10.3 Å². The first-order valence-corrected chi connectivity index (χ1v) is 6.63. The molecule has 0 unspecified atom stereocenters. The summed E-state index contributed by atoms with van der Waals surface area (Å²) in [5.41, 5.74) is 1.92. The van der Waals surface area contributed by atoms with E-state index in [2.05, 4.69) is 0 Å². The zero-order valence-corrected chi connectivity index (χ0v) is 11.5. The molecule has 0 aliphatic rings. The lowest BCUT2D eigenvalue weighted by Gasteiger charge is -2.03. The van der Waals surface area contributed by atoms with Crippen LogP contribution in [-0.4, -0.2) is 4.68 Å². The summed E-state index contributed by atoms with van der Waals surface area (Å²) in [6.45, 7) is 0. The van der Waals surface area contributed by atoms with Crippen LogP contribution in [0, 0.1) is 0 Å². The normalized spacial score (nSPS) is 10.6. The lowest BCUT2D eigenvalue weighted by atomic mass is 10.3. The number of hydrogen-bond donors (Lipinski definition) is 0. The molecule has 0 atom stereocenters. The molecule has 0 saturated carbocycles. The first-order chi connectivity index (χ1) is 9.27. The third-order valence-electron chi connectivity index (χ3n) is 2.84. The van der Waals surface area contributed by atoms with Gasteiger partial charge in [0.05, 0.1) is 6.07 Å². The number of para-hydroxylation sites is 2. The van der Waals surface area contributed by atoms with Crippen molar-refractivity contribution >= 4 is 23.2 Å². The molecule has 2 nitrogen and oxygen atoms in total. The van der Waals surface area contributed by atoms with Crippen molar-refractivity contribution in [3.05, 3.63) is 77.0 Å². The molecule has 3 rings (SSSR count). The monoisotopic (exact) mass is 289 g/mol. The fourth-order valence-electron chi connectivity index (χ4n) is 2.03. The van der Waals surface area contributed by atoms with E-state index in [0.717, 1.165) is 11.4 Å². The fourth-order valence-corrected chi connectivity index (χ4v) is 2.64. The standard InChI is InChI=1S/C15H11Cl2N2/c16-14-11-15(17)19(13-9-5-2-6-10-13)18(14)12-7-3-1-4-8-12/h1-11H/q+1. The Morgan fingerprint density at radius 1 is 0.789 bits per heavy atom. The van der Waals surface area contributed by atoms with Crippen molar-refractivity contribution in [3.63, 3.8) is 0 Å². The van der Waals surface area contributed by atoms with Crippen LogP contribution in [-0.2, 0) is 0 Å². The molecule has 0 bridgehead atoms. The van der Waals surface area contributed by atoms with Gasteiger partial charge in [0, 0.05) is 12.1 Å². The minimum absolute atomic E-state index is 0.569. The average molecular weight is 290 g/mol. The summed E-state index contributed by atoms with van der Waals surface area (Å²) >= 11 is 12.6. The van der Waals surface area contributed by atoms with Gasteiger partial charge in [-0.1, -0.05) is 52.7 Å². The first kappa shape index (κ1) is 12.3. The molecule has 1 aromatic heterocycles. The first-order valence-electron chi connectivity index (χ1n) is 5.87. The van der Waals surface area contributed by atoms with Gasteiger partial charge in [-0.15, -0.1) is 4.68 Å². The quantitative estimate of drug-likeness (QED) is 0.629. The highest BCUT2D eigenvalue weighted by Crippen LogP contribution is 2.20. The zero-order valence-electron chi connectivity index (χ0n) is 10.0. The van der Waals surface area contributed by atoms with Crippen LogP contribution in [0.25, 0.3) is 11.4 Å². The molecule has 0 amide bonds. The van der Waals surface area contributed by atoms with Gasteiger partial charge >= 0.3 is 5.15 Å². The van der Waals surface area contributed by atoms with E-state index in [9.17, 15) is 0 Å². The van der Waals surface area contributed by atoms with E-state index in [-0.39, 0.29) is 0 Å². The summed E-state index contributed by atoms with van der Waals surface area (Å²) < 4.78 is 3.75. The van der Waals surface area contributed by atoms with Gasteiger partial charge in [0.2, 0.25) is 5.69 Å². The van der Waals surface area contributed by atoms with E-state index in [4.69, 9.17) is 23.2 Å². The SMILES string of the molecule is Clc1cc(Cl)[n+](-c2ccccc2)n1-c1ccccc1. The van der Waals surface area contributed by atoms with Crippen molar-refractivity contribution in [1.82, 2.24) is 4.68 Å². The summed E-state index contributed by atoms with van der Waals surface area (Å²) in [4.78, 5) is 0. The molecule has 0 aliphatic heterocycles. The van der Waals surface area contributed by atoms with Crippen molar-refractivity contribution in [2.75, 3.05) is 0 Å². The molecule has 3 aromatic rings. The summed E-state index contributed by atoms with van der Waals surface area (Å²) in [5.74, 6) is 0. The van der Waals surface area contributed by atoms with Crippen molar-refractivity contribution in [2.24, 2.45) is 0 Å². The van der Waals surface area contributed by atoms with Crippen LogP contribution >= 0.6 is 23.2 Å². The molecule has 0 fully saturated rings. The van der Waals surface area contributed by atoms with Gasteiger partial charge in [-0.05, 0) is 23.7 Å². The van der Waals surface area contributed by atoms with Crippen molar-refractivity contribution in [2.45, 2.75) is 0 Å². The van der Waals surface area contributed by atoms with Crippen LogP contribution in [0.15, 0.2) is 66.7 Å². The number of hydrogen-bond acceptors (Lipinski definition) is 0. The van der Waals surface area contributed by atoms with Crippen LogP contribution in [0.5, 0.6) is 0 Å². The van der Waals surface area contributed by atoms with Crippen LogP contribution in [0.1, 0.15) is 0 Å². The van der Waals surface area contributed by atoms with Gasteiger partial charge < -0.3 is 0 Å². The lowest BCUT2D eigenvalue weighted by molar-refractivity contribution is -0.672. The summed E-state index contributed by atoms with van der Waals surface area (Å²) in [5, 5.41) is 1.14. The van der Waals surface area contributed by atoms with E-state index in [1.54, 1.807) is 6.07 Å². The van der Waals surface area contributed by atoms with Crippen molar-refractivity contribution in [3.8, 4) is 11.4 Å². The van der Waals surface area contributed by atoms with Gasteiger partial charge in [0.15, 0.2) is 5.15 Å². The maximum Gasteiger partial charge on any atom is 0.308 e. The highest BCUT2D eigenvalue weighted by Gasteiger charge is 2.23. The number of rotatable bonds is 2. The van der Waals surface area contributed by atoms with Gasteiger partial charge in [0.1, 0.15) is 5.69 Å². The second-order valence-corrected chi connectivity index (χ2v) is 4.86. The van der Waals surface area contributed by atoms with E-state index in [1.807, 2.05) is 70.0 Å². The topological polar surface area (TPSA) is 8.81 Å². The molecule has 0 saturated heterocycles. The Hall–Kier alpha value is -1.77. The number of nitrogens with zero attached hydrogens (tertiary/aromatic N) is 2. The van der Waals surface area contributed by atoms with Crippen molar-refractivity contribution < 1.29 is 4.68 Å². The molecule has 19 heavy (non-hydrogen) atoms. The molecule has 0 spiro atoms. The van der Waals surface area contributed by atoms with E-state index >= 15 is 0 Å². The molecule has 2 aromatic carbocycles. The Kier molecular flexibility index (Phi) is 3.28. The second-order valence-electron chi connectivity index (χ2n) is 4.08. The summed E-state index contributed by atoms with van der Waals surface area (Å²) in [6.07, 6.45) is 0. The summed E-state index contributed by atoms with van der Waals surface area (Å²) in [7, 11) is 0. The molecule has 0 aliphatic carbocycles. The molecule has 0 N–H and O–H groups in total. The minimum atomic E-state index is 0.569. The highest BCUT2D eigenvalue weighted by atomic mass is 35.5. The predicted octanol–water partition coefficient (Wildman–Crippen LogP) is 4.06. The zero-order chi connectivity index (χ0) is 13.2. The molecule has 0 radical (unpaired) electrons. The smallest absolute Gasteiger partial charge is 0.102 e. The largest absolute Gasteiger partial charge is 0.308 e. The highest BCUT2D eigenvalue weighted by molar-refractivity contribution is 6.33. The fraction of sp³-hybridized carbons (Fsp3) is 0. The molecular weight excluding hydrogens is 279 g/mol. The third-order valence-corrected chi connectivity index (χ3v) is 3.38. The Morgan fingerprint density at radius 2 is 1.37 bits per heavy atom. The Labute approximate surface area is 121 Å². The Morgan fingerprint density at radius 3 is 2.00 bits per heavy atom. The number of aromatic nitrogens is 2. The van der Waals surface area contributed by atoms with Crippen molar-refractivity contribution in [1.29, 1.82) is 0 Å². The molecule has 4 heteroatoms. The molecule has 1 heterocycles. The molecular formula is C15H11Cl2N2+. The van der Waals surface area contributed by atoms with Crippen LogP contribution in [0.2, 0.25) is 10.3 Å². The van der Waals surface area contributed by atoms with Crippen LogP contribution < -0.4 is 4.68 Å². The minimum Gasteiger partial charge on any atom is -0.102 e. The van der Waals surface area contributed by atoms with Gasteiger partial charge in [-0.25, -0.2) is 0 Å². The Balaban J connectivity index is 2.26. The Bertz CT molecular complexity index is 631.